The van der Waals surface area contributed by atoms with Gasteiger partial charge in [0.2, 0.25) is 0 Å². The van der Waals surface area contributed by atoms with Crippen molar-refractivity contribution in [2.75, 3.05) is 66.5 Å². The molecule has 2 N–H and O–H groups in total. The van der Waals surface area contributed by atoms with Gasteiger partial charge in [-0.25, -0.2) is 0 Å². The molecule has 19 heavy (non-hydrogen) atoms. The highest BCUT2D eigenvalue weighted by Gasteiger charge is 2.23. The molecule has 0 bridgehead atoms. The Morgan fingerprint density at radius 1 is 1.05 bits per heavy atom. The van der Waals surface area contributed by atoms with E-state index in [0.29, 0.717) is 0 Å². The van der Waals surface area contributed by atoms with Gasteiger partial charge in [0.25, 0.3) is 0 Å². The van der Waals surface area contributed by atoms with Crippen LogP contribution < -0.4 is 5.73 Å². The van der Waals surface area contributed by atoms with Crippen LogP contribution in [0.25, 0.3) is 0 Å². The molecule has 1 atom stereocenters. The standard InChI is InChI=1S/C15H32N4/c1-17-7-3-15(12-17)13-18(2)11-14-4-8-19(9-5-14)10-6-16/h14-15H,3-13,16H2,1-2H3. The van der Waals surface area contributed by atoms with E-state index >= 15 is 0 Å². The van der Waals surface area contributed by atoms with Gasteiger partial charge >= 0.3 is 0 Å². The van der Waals surface area contributed by atoms with Gasteiger partial charge in [0.1, 0.15) is 0 Å². The Labute approximate surface area is 118 Å². The minimum atomic E-state index is 0.805. The van der Waals surface area contributed by atoms with Crippen LogP contribution in [0.3, 0.4) is 0 Å². The zero-order valence-corrected chi connectivity index (χ0v) is 12.9. The van der Waals surface area contributed by atoms with E-state index in [2.05, 4.69) is 28.8 Å². The van der Waals surface area contributed by atoms with Gasteiger partial charge in [0.15, 0.2) is 0 Å². The minimum absolute atomic E-state index is 0.805. The second kappa shape index (κ2) is 7.58. The van der Waals surface area contributed by atoms with Crippen molar-refractivity contribution in [2.24, 2.45) is 17.6 Å². The lowest BCUT2D eigenvalue weighted by atomic mass is 9.96. The van der Waals surface area contributed by atoms with Gasteiger partial charge < -0.3 is 20.4 Å². The monoisotopic (exact) mass is 268 g/mol. The van der Waals surface area contributed by atoms with Crippen molar-refractivity contribution in [3.05, 3.63) is 0 Å². The Hall–Kier alpha value is -0.160. The van der Waals surface area contributed by atoms with Crippen molar-refractivity contribution >= 4 is 0 Å². The highest BCUT2D eigenvalue weighted by atomic mass is 15.2. The molecule has 4 heteroatoms. The maximum atomic E-state index is 5.62. The van der Waals surface area contributed by atoms with Gasteiger partial charge in [0.05, 0.1) is 0 Å². The van der Waals surface area contributed by atoms with Crippen LogP contribution in [-0.2, 0) is 0 Å². The number of likely N-dealkylation sites (tertiary alicyclic amines) is 2. The van der Waals surface area contributed by atoms with Crippen molar-refractivity contribution in [1.29, 1.82) is 0 Å². The van der Waals surface area contributed by atoms with Crippen LogP contribution in [0, 0.1) is 11.8 Å². The summed E-state index contributed by atoms with van der Waals surface area (Å²) in [6, 6.07) is 0. The molecule has 0 saturated carbocycles. The summed E-state index contributed by atoms with van der Waals surface area (Å²) in [7, 11) is 4.55. The molecule has 0 spiro atoms. The molecule has 112 valence electrons. The predicted octanol–water partition coefficient (Wildman–Crippen LogP) is 0.541. The maximum Gasteiger partial charge on any atom is 0.0105 e. The molecule has 2 rings (SSSR count). The first-order chi connectivity index (χ1) is 9.17. The first-order valence-electron chi connectivity index (χ1n) is 7.97. The van der Waals surface area contributed by atoms with E-state index in [9.17, 15) is 0 Å². The highest BCUT2D eigenvalue weighted by molar-refractivity contribution is 4.78. The summed E-state index contributed by atoms with van der Waals surface area (Å²) in [4.78, 5) is 7.55. The van der Waals surface area contributed by atoms with E-state index < -0.39 is 0 Å². The minimum Gasteiger partial charge on any atom is -0.329 e. The van der Waals surface area contributed by atoms with E-state index in [0.717, 1.165) is 24.9 Å². The summed E-state index contributed by atoms with van der Waals surface area (Å²) in [5.74, 6) is 1.80. The van der Waals surface area contributed by atoms with Crippen LogP contribution in [-0.4, -0.2) is 81.2 Å². The van der Waals surface area contributed by atoms with Crippen LogP contribution >= 0.6 is 0 Å². The van der Waals surface area contributed by atoms with Crippen molar-refractivity contribution < 1.29 is 0 Å². The average Bonchev–Trinajstić information content (AvgIpc) is 2.77. The van der Waals surface area contributed by atoms with E-state index in [1.54, 1.807) is 0 Å². The molecule has 0 aliphatic carbocycles. The number of nitrogens with zero attached hydrogens (tertiary/aromatic N) is 3. The Balaban J connectivity index is 1.62. The van der Waals surface area contributed by atoms with Crippen molar-refractivity contribution in [1.82, 2.24) is 14.7 Å². The molecular formula is C15H32N4. The van der Waals surface area contributed by atoms with Crippen LogP contribution in [0.15, 0.2) is 0 Å². The number of piperidine rings is 1. The largest absolute Gasteiger partial charge is 0.329 e. The molecule has 0 amide bonds. The number of rotatable bonds is 6. The lowest BCUT2D eigenvalue weighted by molar-refractivity contribution is 0.150. The summed E-state index contributed by atoms with van der Waals surface area (Å²) in [6.07, 6.45) is 4.10. The Kier molecular flexibility index (Phi) is 6.07. The van der Waals surface area contributed by atoms with Crippen LogP contribution in [0.1, 0.15) is 19.3 Å². The first kappa shape index (κ1) is 15.2. The summed E-state index contributed by atoms with van der Waals surface area (Å²) < 4.78 is 0. The molecule has 4 nitrogen and oxygen atoms in total. The fourth-order valence-corrected chi connectivity index (χ4v) is 3.71. The molecule has 2 heterocycles. The lowest BCUT2D eigenvalue weighted by Crippen LogP contribution is -2.40. The quantitative estimate of drug-likeness (QED) is 0.763. The van der Waals surface area contributed by atoms with E-state index in [4.69, 9.17) is 5.73 Å². The molecular weight excluding hydrogens is 236 g/mol. The lowest BCUT2D eigenvalue weighted by Gasteiger charge is -2.34. The van der Waals surface area contributed by atoms with E-state index in [-0.39, 0.29) is 0 Å². The normalized spacial score (nSPS) is 27.5. The third kappa shape index (κ3) is 5.03. The summed E-state index contributed by atoms with van der Waals surface area (Å²) >= 11 is 0. The zero-order valence-electron chi connectivity index (χ0n) is 12.9. The van der Waals surface area contributed by atoms with E-state index in [1.165, 1.54) is 58.5 Å². The topological polar surface area (TPSA) is 35.7 Å². The Bertz CT molecular complexity index is 251. The van der Waals surface area contributed by atoms with Crippen molar-refractivity contribution in [2.45, 2.75) is 19.3 Å². The molecule has 2 saturated heterocycles. The average molecular weight is 268 g/mol. The summed E-state index contributed by atoms with van der Waals surface area (Å²) in [5, 5.41) is 0. The second-order valence-electron chi connectivity index (χ2n) is 6.71. The van der Waals surface area contributed by atoms with E-state index in [1.807, 2.05) is 0 Å². The van der Waals surface area contributed by atoms with Crippen LogP contribution in [0.5, 0.6) is 0 Å². The van der Waals surface area contributed by atoms with Crippen molar-refractivity contribution in [3.8, 4) is 0 Å². The molecule has 2 aliphatic rings. The SMILES string of the molecule is CN1CCC(CN(C)CC2CCN(CCN)CC2)C1. The molecule has 2 fully saturated rings. The number of nitrogens with two attached hydrogens (primary N) is 1. The van der Waals surface area contributed by atoms with Gasteiger partial charge in [-0.05, 0) is 64.8 Å². The predicted molar refractivity (Wildman–Crippen MR) is 81.3 cm³/mol. The molecule has 0 aromatic rings. The molecule has 1 unspecified atom stereocenters. The zero-order chi connectivity index (χ0) is 13.7. The molecule has 2 aliphatic heterocycles. The highest BCUT2D eigenvalue weighted by Crippen LogP contribution is 2.20. The van der Waals surface area contributed by atoms with Gasteiger partial charge in [0, 0.05) is 32.7 Å². The molecule has 0 aromatic carbocycles. The third-order valence-electron chi connectivity index (χ3n) is 4.78. The van der Waals surface area contributed by atoms with Gasteiger partial charge in [-0.2, -0.15) is 0 Å². The van der Waals surface area contributed by atoms with Crippen LogP contribution in [0.2, 0.25) is 0 Å². The third-order valence-corrected chi connectivity index (χ3v) is 4.78. The number of hydrogen-bond acceptors (Lipinski definition) is 4. The Morgan fingerprint density at radius 2 is 1.68 bits per heavy atom. The van der Waals surface area contributed by atoms with Gasteiger partial charge in [-0.15, -0.1) is 0 Å². The fraction of sp³-hybridized carbons (Fsp3) is 1.00. The number of hydrogen-bond donors (Lipinski definition) is 1. The Morgan fingerprint density at radius 3 is 2.26 bits per heavy atom. The van der Waals surface area contributed by atoms with Gasteiger partial charge in [-0.1, -0.05) is 0 Å². The van der Waals surface area contributed by atoms with Crippen LogP contribution in [0.4, 0.5) is 0 Å². The smallest absolute Gasteiger partial charge is 0.0105 e. The van der Waals surface area contributed by atoms with Gasteiger partial charge in [-0.3, -0.25) is 0 Å². The second-order valence-corrected chi connectivity index (χ2v) is 6.71. The fourth-order valence-electron chi connectivity index (χ4n) is 3.71. The maximum absolute atomic E-state index is 5.62. The summed E-state index contributed by atoms with van der Waals surface area (Å²) in [5.41, 5.74) is 5.62. The molecule has 0 aromatic heterocycles. The molecule has 0 radical (unpaired) electrons. The van der Waals surface area contributed by atoms with Crippen molar-refractivity contribution in [3.63, 3.8) is 0 Å². The first-order valence-corrected chi connectivity index (χ1v) is 7.97. The summed E-state index contributed by atoms with van der Waals surface area (Å²) in [6.45, 7) is 9.54.